The second-order valence-electron chi connectivity index (χ2n) is 6.81. The van der Waals surface area contributed by atoms with Crippen LogP contribution in [-0.4, -0.2) is 5.91 Å². The summed E-state index contributed by atoms with van der Waals surface area (Å²) in [7, 11) is 0. The molecule has 2 nitrogen and oxygen atoms in total. The molecule has 3 aromatic carbocycles. The van der Waals surface area contributed by atoms with Gasteiger partial charge < -0.3 is 5.32 Å². The largest absolute Gasteiger partial charge is 0.352 e. The van der Waals surface area contributed by atoms with Gasteiger partial charge in [0, 0.05) is 6.54 Å². The van der Waals surface area contributed by atoms with Crippen LogP contribution >= 0.6 is 0 Å². The minimum Gasteiger partial charge on any atom is -0.352 e. The number of amides is 1. The lowest BCUT2D eigenvalue weighted by Gasteiger charge is -2.08. The number of fused-ring (bicyclic) bond motifs is 1. The molecule has 4 rings (SSSR count). The van der Waals surface area contributed by atoms with E-state index in [0.29, 0.717) is 6.54 Å². The molecule has 1 N–H and O–H groups in total. The highest BCUT2D eigenvalue weighted by Gasteiger charge is 2.21. The highest BCUT2D eigenvalue weighted by Crippen LogP contribution is 2.38. The van der Waals surface area contributed by atoms with Crippen LogP contribution in [0.15, 0.2) is 84.9 Å². The van der Waals surface area contributed by atoms with Crippen LogP contribution in [0.5, 0.6) is 0 Å². The van der Waals surface area contributed by atoms with Gasteiger partial charge in [-0.25, -0.2) is 4.39 Å². The zero-order valence-electron chi connectivity index (χ0n) is 15.4. The third-order valence-electron chi connectivity index (χ3n) is 4.77. The summed E-state index contributed by atoms with van der Waals surface area (Å²) >= 11 is 0. The van der Waals surface area contributed by atoms with Gasteiger partial charge in [0.2, 0.25) is 5.91 Å². The van der Waals surface area contributed by atoms with E-state index in [1.165, 1.54) is 12.1 Å². The summed E-state index contributed by atoms with van der Waals surface area (Å²) in [5, 5.41) is 2.94. The minimum atomic E-state index is -0.296. The lowest BCUT2D eigenvalue weighted by atomic mass is 10.0. The number of hydrogen-bond acceptors (Lipinski definition) is 1. The van der Waals surface area contributed by atoms with Gasteiger partial charge in [0.25, 0.3) is 0 Å². The molecule has 0 fully saturated rings. The third kappa shape index (κ3) is 4.09. The van der Waals surface area contributed by atoms with Gasteiger partial charge in [0.05, 0.1) is 6.42 Å². The normalized spacial score (nSPS) is 13.9. The van der Waals surface area contributed by atoms with Crippen LogP contribution < -0.4 is 5.32 Å². The predicted octanol–water partition coefficient (Wildman–Crippen LogP) is 5.47. The van der Waals surface area contributed by atoms with Gasteiger partial charge in [0.15, 0.2) is 0 Å². The van der Waals surface area contributed by atoms with Crippen molar-refractivity contribution in [3.05, 3.63) is 113 Å². The van der Waals surface area contributed by atoms with E-state index >= 15 is 0 Å². The zero-order chi connectivity index (χ0) is 19.3. The highest BCUT2D eigenvalue weighted by molar-refractivity contribution is 6.05. The van der Waals surface area contributed by atoms with Crippen molar-refractivity contribution < 1.29 is 9.18 Å². The van der Waals surface area contributed by atoms with E-state index in [0.717, 1.165) is 33.4 Å². The molecule has 0 radical (unpaired) electrons. The van der Waals surface area contributed by atoms with E-state index in [1.807, 2.05) is 66.7 Å². The van der Waals surface area contributed by atoms with E-state index in [2.05, 4.69) is 11.4 Å². The first-order valence-corrected chi connectivity index (χ1v) is 9.27. The topological polar surface area (TPSA) is 29.1 Å². The smallest absolute Gasteiger partial charge is 0.224 e. The van der Waals surface area contributed by atoms with E-state index in [9.17, 15) is 9.18 Å². The Labute approximate surface area is 164 Å². The summed E-state index contributed by atoms with van der Waals surface area (Å²) in [4.78, 5) is 12.5. The number of benzene rings is 3. The molecule has 3 heteroatoms. The minimum absolute atomic E-state index is 0.0775. The molecule has 0 spiro atoms. The fourth-order valence-electron chi connectivity index (χ4n) is 3.40. The number of rotatable bonds is 5. The molecule has 0 saturated heterocycles. The maximum Gasteiger partial charge on any atom is 0.224 e. The van der Waals surface area contributed by atoms with Crippen LogP contribution in [0.25, 0.3) is 17.2 Å². The van der Waals surface area contributed by atoms with E-state index in [-0.39, 0.29) is 18.1 Å². The lowest BCUT2D eigenvalue weighted by molar-refractivity contribution is -0.120. The Bertz CT molecular complexity index is 1050. The Morgan fingerprint density at radius 2 is 1.61 bits per heavy atom. The van der Waals surface area contributed by atoms with E-state index in [4.69, 9.17) is 0 Å². The number of nitrogens with one attached hydrogen (secondary N) is 1. The number of carbonyl (C=O) groups is 1. The van der Waals surface area contributed by atoms with Crippen LogP contribution in [0.1, 0.15) is 28.7 Å². The molecular weight excluding hydrogens is 349 g/mol. The Morgan fingerprint density at radius 3 is 2.36 bits per heavy atom. The van der Waals surface area contributed by atoms with Crippen molar-refractivity contribution in [2.75, 3.05) is 0 Å². The molecule has 138 valence electrons. The third-order valence-corrected chi connectivity index (χ3v) is 4.77. The highest BCUT2D eigenvalue weighted by atomic mass is 19.1. The maximum absolute atomic E-state index is 13.8. The maximum atomic E-state index is 13.8. The number of halogens is 1. The van der Waals surface area contributed by atoms with Crippen LogP contribution in [0, 0.1) is 5.82 Å². The van der Waals surface area contributed by atoms with Gasteiger partial charge in [-0.1, -0.05) is 66.7 Å². The van der Waals surface area contributed by atoms with Crippen LogP contribution in [-0.2, 0) is 11.3 Å². The Morgan fingerprint density at radius 1 is 0.893 bits per heavy atom. The lowest BCUT2D eigenvalue weighted by Crippen LogP contribution is -2.22. The monoisotopic (exact) mass is 369 g/mol. The van der Waals surface area contributed by atoms with Crippen molar-refractivity contribution >= 4 is 23.1 Å². The molecule has 0 atom stereocenters. The molecule has 0 heterocycles. The number of allylic oxidation sites excluding steroid dienone is 2. The van der Waals surface area contributed by atoms with E-state index in [1.54, 1.807) is 6.07 Å². The fraction of sp³-hybridized carbons (Fsp3) is 0.0800. The number of carbonyl (C=O) groups excluding carboxylic acids is 1. The van der Waals surface area contributed by atoms with Gasteiger partial charge in [0.1, 0.15) is 5.82 Å². The zero-order valence-corrected chi connectivity index (χ0v) is 15.4. The summed E-state index contributed by atoms with van der Waals surface area (Å²) in [5.41, 5.74) is 5.69. The van der Waals surface area contributed by atoms with Gasteiger partial charge in [-0.2, -0.15) is 0 Å². The summed E-state index contributed by atoms with van der Waals surface area (Å²) in [5.74, 6) is -0.374. The second kappa shape index (κ2) is 8.05. The average molecular weight is 369 g/mol. The molecule has 1 aliphatic rings. The standard InChI is InChI=1S/C25H20FNO/c26-22-11-12-23-20(13-18-7-3-1-4-8-18)14-21(24(23)16-22)15-25(28)27-17-19-9-5-2-6-10-19/h1-14,16H,15,17H2,(H,27,28)/b20-13+. The van der Waals surface area contributed by atoms with Crippen molar-refractivity contribution in [3.63, 3.8) is 0 Å². The first-order chi connectivity index (χ1) is 13.7. The summed E-state index contributed by atoms with van der Waals surface area (Å²) in [6.07, 6.45) is 4.26. The molecular formula is C25H20FNO. The first-order valence-electron chi connectivity index (χ1n) is 9.27. The van der Waals surface area contributed by atoms with Gasteiger partial charge in [-0.15, -0.1) is 0 Å². The Balaban J connectivity index is 1.56. The quantitative estimate of drug-likeness (QED) is 0.635. The molecule has 0 aliphatic heterocycles. The number of hydrogen-bond donors (Lipinski definition) is 1. The molecule has 0 aromatic heterocycles. The van der Waals surface area contributed by atoms with Crippen LogP contribution in [0.4, 0.5) is 4.39 Å². The summed E-state index contributed by atoms with van der Waals surface area (Å²) < 4.78 is 13.8. The molecule has 1 aliphatic carbocycles. The van der Waals surface area contributed by atoms with Crippen LogP contribution in [0.2, 0.25) is 0 Å². The fourth-order valence-corrected chi connectivity index (χ4v) is 3.40. The SMILES string of the molecule is O=C(CC1=C/C(=C\c2ccccc2)c2ccc(F)cc21)NCc1ccccc1. The summed E-state index contributed by atoms with van der Waals surface area (Å²) in [6.45, 7) is 0.482. The van der Waals surface area contributed by atoms with Crippen molar-refractivity contribution in [3.8, 4) is 0 Å². The van der Waals surface area contributed by atoms with Crippen molar-refractivity contribution in [1.82, 2.24) is 5.32 Å². The van der Waals surface area contributed by atoms with E-state index < -0.39 is 0 Å². The van der Waals surface area contributed by atoms with Gasteiger partial charge in [-0.05, 0) is 57.7 Å². The Kier molecular flexibility index (Phi) is 5.16. The molecule has 0 saturated carbocycles. The average Bonchev–Trinajstić information content (AvgIpc) is 3.04. The Hall–Kier alpha value is -3.46. The van der Waals surface area contributed by atoms with Crippen LogP contribution in [0.3, 0.4) is 0 Å². The van der Waals surface area contributed by atoms with Crippen molar-refractivity contribution in [2.45, 2.75) is 13.0 Å². The molecule has 28 heavy (non-hydrogen) atoms. The molecule has 0 bridgehead atoms. The predicted molar refractivity (Wildman–Crippen MR) is 112 cm³/mol. The molecule has 0 unspecified atom stereocenters. The van der Waals surface area contributed by atoms with Crippen molar-refractivity contribution in [2.24, 2.45) is 0 Å². The summed E-state index contributed by atoms with van der Waals surface area (Å²) in [6, 6.07) is 24.5. The van der Waals surface area contributed by atoms with Gasteiger partial charge in [-0.3, -0.25) is 4.79 Å². The molecule has 1 amide bonds. The molecule has 3 aromatic rings. The van der Waals surface area contributed by atoms with Gasteiger partial charge >= 0.3 is 0 Å². The first kappa shape index (κ1) is 17.9. The van der Waals surface area contributed by atoms with Crippen molar-refractivity contribution in [1.29, 1.82) is 0 Å². The second-order valence-corrected chi connectivity index (χ2v) is 6.81.